The Morgan fingerprint density at radius 2 is 2.15 bits per heavy atom. The predicted octanol–water partition coefficient (Wildman–Crippen LogP) is 4.21. The number of rotatable bonds is 6. The van der Waals surface area contributed by atoms with Crippen LogP contribution in [0.15, 0.2) is 52.1 Å². The zero-order valence-electron chi connectivity index (χ0n) is 14.9. The van der Waals surface area contributed by atoms with Gasteiger partial charge >= 0.3 is 5.97 Å². The minimum absolute atomic E-state index is 0.0945. The molecule has 3 rings (SSSR count). The van der Waals surface area contributed by atoms with Crippen molar-refractivity contribution in [2.24, 2.45) is 0 Å². The van der Waals surface area contributed by atoms with E-state index in [4.69, 9.17) is 14.5 Å². The van der Waals surface area contributed by atoms with Crippen LogP contribution in [-0.4, -0.2) is 16.1 Å². The lowest BCUT2D eigenvalue weighted by molar-refractivity contribution is 0.0467. The Labute approximate surface area is 161 Å². The first-order valence-electron chi connectivity index (χ1n) is 8.24. The molecule has 136 valence electrons. The number of nitriles is 1. The molecule has 2 aromatic heterocycles. The lowest BCUT2D eigenvalue weighted by Gasteiger charge is -2.09. The van der Waals surface area contributed by atoms with Crippen molar-refractivity contribution in [2.75, 3.05) is 0 Å². The van der Waals surface area contributed by atoms with Crippen LogP contribution in [0.25, 0.3) is 0 Å². The Balaban J connectivity index is 1.69. The highest BCUT2D eigenvalue weighted by molar-refractivity contribution is 7.98. The maximum Gasteiger partial charge on any atom is 0.341 e. The largest absolute Gasteiger partial charge is 0.457 e. The molecule has 0 amide bonds. The van der Waals surface area contributed by atoms with E-state index in [0.717, 1.165) is 22.6 Å². The highest BCUT2D eigenvalue weighted by Gasteiger charge is 2.16. The first kappa shape index (κ1) is 18.7. The third-order valence-electron chi connectivity index (χ3n) is 3.95. The molecule has 0 saturated heterocycles. The molecule has 1 aromatic carbocycles. The third-order valence-corrected chi connectivity index (χ3v) is 4.98. The van der Waals surface area contributed by atoms with Crippen molar-refractivity contribution in [3.63, 3.8) is 0 Å². The number of ether oxygens (including phenoxy) is 1. The van der Waals surface area contributed by atoms with Crippen LogP contribution in [0.4, 0.5) is 0 Å². The average molecular weight is 379 g/mol. The van der Waals surface area contributed by atoms with E-state index in [1.807, 2.05) is 19.9 Å². The van der Waals surface area contributed by atoms with Crippen LogP contribution in [0.5, 0.6) is 0 Å². The van der Waals surface area contributed by atoms with Gasteiger partial charge in [0.25, 0.3) is 0 Å². The molecule has 3 aromatic rings. The molecule has 7 heteroatoms. The molecule has 27 heavy (non-hydrogen) atoms. The number of carbonyl (C=O) groups excluding carboxylic acids is 1. The Hall–Kier alpha value is -3.11. The molecule has 0 aliphatic rings. The zero-order valence-corrected chi connectivity index (χ0v) is 15.7. The van der Waals surface area contributed by atoms with Gasteiger partial charge < -0.3 is 9.26 Å². The Morgan fingerprint density at radius 3 is 2.89 bits per heavy atom. The summed E-state index contributed by atoms with van der Waals surface area (Å²) in [6.07, 6.45) is 1.64. The van der Waals surface area contributed by atoms with Gasteiger partial charge in [-0.25, -0.2) is 9.78 Å². The Kier molecular flexibility index (Phi) is 5.89. The number of carbonyl (C=O) groups is 1. The van der Waals surface area contributed by atoms with Crippen LogP contribution < -0.4 is 0 Å². The fourth-order valence-electron chi connectivity index (χ4n) is 2.47. The van der Waals surface area contributed by atoms with E-state index < -0.39 is 5.97 Å². The summed E-state index contributed by atoms with van der Waals surface area (Å²) in [4.78, 5) is 16.8. The second-order valence-electron chi connectivity index (χ2n) is 5.84. The van der Waals surface area contributed by atoms with Crippen LogP contribution in [0.1, 0.15) is 38.5 Å². The summed E-state index contributed by atoms with van der Waals surface area (Å²) in [6.45, 7) is 3.84. The van der Waals surface area contributed by atoms with Crippen molar-refractivity contribution in [1.82, 2.24) is 10.1 Å². The highest BCUT2D eigenvalue weighted by Crippen LogP contribution is 2.27. The molecule has 0 bridgehead atoms. The monoisotopic (exact) mass is 379 g/mol. The van der Waals surface area contributed by atoms with Crippen molar-refractivity contribution in [3.8, 4) is 6.07 Å². The number of aromatic nitrogens is 2. The van der Waals surface area contributed by atoms with Crippen molar-refractivity contribution in [1.29, 1.82) is 5.26 Å². The maximum atomic E-state index is 12.5. The minimum atomic E-state index is -0.452. The summed E-state index contributed by atoms with van der Waals surface area (Å²) >= 11 is 1.43. The van der Waals surface area contributed by atoms with Gasteiger partial charge in [-0.3, -0.25) is 0 Å². The fraction of sp³-hybridized carbons (Fsp3) is 0.200. The first-order valence-corrected chi connectivity index (χ1v) is 9.22. The van der Waals surface area contributed by atoms with E-state index in [1.54, 1.807) is 36.5 Å². The van der Waals surface area contributed by atoms with Crippen LogP contribution >= 0.6 is 11.8 Å². The summed E-state index contributed by atoms with van der Waals surface area (Å²) in [5.41, 5.74) is 3.53. The number of nitrogens with zero attached hydrogens (tertiary/aromatic N) is 3. The van der Waals surface area contributed by atoms with Gasteiger partial charge in [0.2, 0.25) is 0 Å². The third kappa shape index (κ3) is 4.54. The Morgan fingerprint density at radius 1 is 1.30 bits per heavy atom. The molecule has 0 aliphatic heterocycles. The predicted molar refractivity (Wildman–Crippen MR) is 100 cm³/mol. The second-order valence-corrected chi connectivity index (χ2v) is 6.80. The molecule has 0 atom stereocenters. The van der Waals surface area contributed by atoms with E-state index in [2.05, 4.69) is 16.2 Å². The number of benzene rings is 1. The SMILES string of the molecule is Cc1noc(C)c1CSc1ncccc1C(=O)OCc1cccc(C#N)c1. The fourth-order valence-corrected chi connectivity index (χ4v) is 3.60. The van der Waals surface area contributed by atoms with Crippen molar-refractivity contribution >= 4 is 17.7 Å². The molecule has 0 unspecified atom stereocenters. The molecular formula is C20H17N3O3S. The van der Waals surface area contributed by atoms with Crippen molar-refractivity contribution in [2.45, 2.75) is 31.2 Å². The van der Waals surface area contributed by atoms with E-state index in [9.17, 15) is 4.79 Å². The number of thioether (sulfide) groups is 1. The van der Waals surface area contributed by atoms with Crippen molar-refractivity contribution < 1.29 is 14.1 Å². The summed E-state index contributed by atoms with van der Waals surface area (Å²) in [6, 6.07) is 12.4. The highest BCUT2D eigenvalue weighted by atomic mass is 32.2. The van der Waals surface area contributed by atoms with Gasteiger partial charge in [-0.15, -0.1) is 11.8 Å². The quantitative estimate of drug-likeness (QED) is 0.468. The van der Waals surface area contributed by atoms with Gasteiger partial charge in [0.05, 0.1) is 22.9 Å². The number of esters is 1. The average Bonchev–Trinajstić information content (AvgIpc) is 3.02. The van der Waals surface area contributed by atoms with Crippen LogP contribution in [0.3, 0.4) is 0 Å². The maximum absolute atomic E-state index is 12.5. The lowest BCUT2D eigenvalue weighted by atomic mass is 10.1. The minimum Gasteiger partial charge on any atom is -0.457 e. The molecular weight excluding hydrogens is 362 g/mol. The molecule has 2 heterocycles. The summed E-state index contributed by atoms with van der Waals surface area (Å²) in [7, 11) is 0. The van der Waals surface area contributed by atoms with Gasteiger partial charge in [0, 0.05) is 17.5 Å². The Bertz CT molecular complexity index is 988. The molecule has 0 fully saturated rings. The summed E-state index contributed by atoms with van der Waals surface area (Å²) < 4.78 is 10.6. The van der Waals surface area contributed by atoms with Crippen molar-refractivity contribution in [3.05, 3.63) is 76.3 Å². The van der Waals surface area contributed by atoms with Crippen LogP contribution in [0.2, 0.25) is 0 Å². The van der Waals surface area contributed by atoms with E-state index in [0.29, 0.717) is 21.9 Å². The first-order chi connectivity index (χ1) is 13.1. The molecule has 0 aliphatic carbocycles. The topological polar surface area (TPSA) is 89.0 Å². The van der Waals surface area contributed by atoms with E-state index >= 15 is 0 Å². The number of hydrogen-bond donors (Lipinski definition) is 0. The lowest BCUT2D eigenvalue weighted by Crippen LogP contribution is -2.08. The van der Waals surface area contributed by atoms with Crippen LogP contribution in [-0.2, 0) is 17.1 Å². The molecule has 0 saturated carbocycles. The number of aryl methyl sites for hydroxylation is 2. The van der Waals surface area contributed by atoms with E-state index in [-0.39, 0.29) is 6.61 Å². The molecule has 0 N–H and O–H groups in total. The smallest absolute Gasteiger partial charge is 0.341 e. The van der Waals surface area contributed by atoms with E-state index in [1.165, 1.54) is 11.8 Å². The normalized spacial score (nSPS) is 10.4. The number of hydrogen-bond acceptors (Lipinski definition) is 7. The van der Waals surface area contributed by atoms with Crippen LogP contribution in [0, 0.1) is 25.2 Å². The van der Waals surface area contributed by atoms with Gasteiger partial charge in [0.1, 0.15) is 17.4 Å². The summed E-state index contributed by atoms with van der Waals surface area (Å²) in [5, 5.41) is 13.5. The number of pyridine rings is 1. The molecule has 6 nitrogen and oxygen atoms in total. The van der Waals surface area contributed by atoms with Gasteiger partial charge in [-0.2, -0.15) is 5.26 Å². The van der Waals surface area contributed by atoms with Gasteiger partial charge in [-0.1, -0.05) is 17.3 Å². The molecule has 0 spiro atoms. The standard InChI is InChI=1S/C20H17N3O3S/c1-13-18(14(2)26-23-13)12-27-19-17(7-4-8-22-19)20(24)25-11-16-6-3-5-15(9-16)10-21/h3-9H,11-12H2,1-2H3. The van der Waals surface area contributed by atoms with Gasteiger partial charge in [0.15, 0.2) is 0 Å². The van der Waals surface area contributed by atoms with Gasteiger partial charge in [-0.05, 0) is 43.7 Å². The molecule has 0 radical (unpaired) electrons. The summed E-state index contributed by atoms with van der Waals surface area (Å²) in [5.74, 6) is 0.909. The second kappa shape index (κ2) is 8.52. The zero-order chi connectivity index (χ0) is 19.2.